The van der Waals surface area contributed by atoms with Gasteiger partial charge in [0.1, 0.15) is 4.90 Å². The van der Waals surface area contributed by atoms with Crippen LogP contribution in [0, 0.1) is 19.8 Å². The van der Waals surface area contributed by atoms with E-state index in [1.54, 1.807) is 25.6 Å². The maximum Gasteiger partial charge on any atom is 0.244 e. The molecule has 1 heterocycles. The van der Waals surface area contributed by atoms with Gasteiger partial charge in [-0.15, -0.1) is 0 Å². The molecule has 0 radical (unpaired) electrons. The van der Waals surface area contributed by atoms with Gasteiger partial charge in [0, 0.05) is 26.8 Å². The van der Waals surface area contributed by atoms with Gasteiger partial charge in [-0.2, -0.15) is 5.10 Å². The molecule has 0 aliphatic carbocycles. The molecule has 8 heteroatoms. The minimum Gasteiger partial charge on any atom is -0.384 e. The number of hydrogen-bond acceptors (Lipinski definition) is 5. The van der Waals surface area contributed by atoms with Gasteiger partial charge in [0.05, 0.1) is 17.9 Å². The number of sulfonamides is 1. The molecule has 1 rings (SSSR count). The molecule has 0 fully saturated rings. The number of nitrogens with one attached hydrogen (secondary N) is 2. The first kappa shape index (κ1) is 18.1. The molecular weight excluding hydrogens is 292 g/mol. The van der Waals surface area contributed by atoms with E-state index in [0.29, 0.717) is 31.1 Å². The molecule has 122 valence electrons. The molecule has 1 atom stereocenters. The van der Waals surface area contributed by atoms with E-state index in [0.717, 1.165) is 6.54 Å². The Balaban J connectivity index is 2.90. The van der Waals surface area contributed by atoms with Crippen molar-refractivity contribution in [3.63, 3.8) is 0 Å². The van der Waals surface area contributed by atoms with Crippen LogP contribution in [-0.2, 0) is 21.3 Å². The fraction of sp³-hybridized carbons (Fsp3) is 0.769. The van der Waals surface area contributed by atoms with Gasteiger partial charge in [0.25, 0.3) is 0 Å². The SMILES string of the molecule is CNCCn1nc(C)c(S(=O)(=O)NCC(C)COC)c1C. The second-order valence-corrected chi connectivity index (χ2v) is 6.94. The molecule has 1 unspecified atom stereocenters. The summed E-state index contributed by atoms with van der Waals surface area (Å²) in [7, 11) is -0.0969. The normalized spacial score (nSPS) is 13.6. The molecule has 7 nitrogen and oxygen atoms in total. The molecule has 0 saturated heterocycles. The average Bonchev–Trinajstić information content (AvgIpc) is 2.70. The molecule has 0 saturated carbocycles. The Kier molecular flexibility index (Phi) is 6.79. The first-order valence-electron chi connectivity index (χ1n) is 7.00. The molecule has 0 aromatic carbocycles. The van der Waals surface area contributed by atoms with Crippen molar-refractivity contribution in [2.75, 3.05) is 33.9 Å². The summed E-state index contributed by atoms with van der Waals surface area (Å²) in [6, 6.07) is 0. The Hall–Kier alpha value is -0.960. The molecular formula is C13H26N4O3S. The molecule has 21 heavy (non-hydrogen) atoms. The Morgan fingerprint density at radius 2 is 2.05 bits per heavy atom. The lowest BCUT2D eigenvalue weighted by Gasteiger charge is -2.12. The summed E-state index contributed by atoms with van der Waals surface area (Å²) < 4.78 is 34.3. The molecule has 0 aliphatic rings. The standard InChI is InChI=1S/C13H26N4O3S/c1-10(9-20-5)8-15-21(18,19)13-11(2)16-17(12(13)3)7-6-14-4/h10,14-15H,6-9H2,1-5H3. The lowest BCUT2D eigenvalue weighted by Crippen LogP contribution is -2.30. The molecule has 0 spiro atoms. The van der Waals surface area contributed by atoms with Crippen molar-refractivity contribution in [2.24, 2.45) is 5.92 Å². The highest BCUT2D eigenvalue weighted by atomic mass is 32.2. The van der Waals surface area contributed by atoms with Crippen LogP contribution in [0.2, 0.25) is 0 Å². The number of methoxy groups -OCH3 is 1. The Morgan fingerprint density at radius 1 is 1.38 bits per heavy atom. The molecule has 0 aliphatic heterocycles. The molecule has 1 aromatic heterocycles. The Morgan fingerprint density at radius 3 is 2.62 bits per heavy atom. The van der Waals surface area contributed by atoms with E-state index in [9.17, 15) is 8.42 Å². The highest BCUT2D eigenvalue weighted by molar-refractivity contribution is 7.89. The van der Waals surface area contributed by atoms with E-state index in [1.165, 1.54) is 0 Å². The summed E-state index contributed by atoms with van der Waals surface area (Å²) in [5.74, 6) is 0.115. The quantitative estimate of drug-likeness (QED) is 0.683. The van der Waals surface area contributed by atoms with Crippen molar-refractivity contribution in [1.29, 1.82) is 0 Å². The van der Waals surface area contributed by atoms with Crippen LogP contribution in [0.3, 0.4) is 0 Å². The lowest BCUT2D eigenvalue weighted by atomic mass is 10.2. The number of aromatic nitrogens is 2. The molecule has 2 N–H and O–H groups in total. The average molecular weight is 318 g/mol. The van der Waals surface area contributed by atoms with Crippen LogP contribution in [0.5, 0.6) is 0 Å². The number of hydrogen-bond donors (Lipinski definition) is 2. The van der Waals surface area contributed by atoms with Crippen molar-refractivity contribution in [2.45, 2.75) is 32.2 Å². The van der Waals surface area contributed by atoms with Crippen LogP contribution in [0.15, 0.2) is 4.90 Å². The topological polar surface area (TPSA) is 85.2 Å². The fourth-order valence-electron chi connectivity index (χ4n) is 2.17. The first-order chi connectivity index (χ1) is 9.83. The van der Waals surface area contributed by atoms with Gasteiger partial charge in [-0.25, -0.2) is 13.1 Å². The van der Waals surface area contributed by atoms with Crippen LogP contribution in [0.1, 0.15) is 18.3 Å². The maximum absolute atomic E-state index is 12.4. The second-order valence-electron chi connectivity index (χ2n) is 5.24. The Bertz CT molecular complexity index is 554. The summed E-state index contributed by atoms with van der Waals surface area (Å²) in [5.41, 5.74) is 1.19. The van der Waals surface area contributed by atoms with Crippen LogP contribution in [0.4, 0.5) is 0 Å². The lowest BCUT2D eigenvalue weighted by molar-refractivity contribution is 0.161. The van der Waals surface area contributed by atoms with E-state index in [4.69, 9.17) is 4.74 Å². The Labute approximate surface area is 127 Å². The predicted molar refractivity (Wildman–Crippen MR) is 81.9 cm³/mol. The molecule has 0 bridgehead atoms. The van der Waals surface area contributed by atoms with Gasteiger partial charge in [0.2, 0.25) is 10.0 Å². The van der Waals surface area contributed by atoms with Gasteiger partial charge in [-0.05, 0) is 26.8 Å². The van der Waals surface area contributed by atoms with Crippen molar-refractivity contribution in [3.8, 4) is 0 Å². The number of rotatable bonds is 9. The van der Waals surface area contributed by atoms with E-state index in [-0.39, 0.29) is 10.8 Å². The van der Waals surface area contributed by atoms with E-state index in [2.05, 4.69) is 15.1 Å². The van der Waals surface area contributed by atoms with Crippen LogP contribution in [-0.4, -0.2) is 52.1 Å². The summed E-state index contributed by atoms with van der Waals surface area (Å²) in [6.07, 6.45) is 0. The van der Waals surface area contributed by atoms with Crippen LogP contribution in [0.25, 0.3) is 0 Å². The third-order valence-electron chi connectivity index (χ3n) is 3.23. The number of ether oxygens (including phenoxy) is 1. The minimum atomic E-state index is -3.55. The smallest absolute Gasteiger partial charge is 0.244 e. The maximum atomic E-state index is 12.4. The van der Waals surface area contributed by atoms with Crippen molar-refractivity contribution in [1.82, 2.24) is 19.8 Å². The number of aryl methyl sites for hydroxylation is 1. The van der Waals surface area contributed by atoms with Gasteiger partial charge < -0.3 is 10.1 Å². The van der Waals surface area contributed by atoms with Crippen molar-refractivity contribution in [3.05, 3.63) is 11.4 Å². The van der Waals surface area contributed by atoms with Gasteiger partial charge in [0.15, 0.2) is 0 Å². The van der Waals surface area contributed by atoms with Crippen LogP contribution >= 0.6 is 0 Å². The minimum absolute atomic E-state index is 0.115. The number of nitrogens with zero attached hydrogens (tertiary/aromatic N) is 2. The zero-order valence-electron chi connectivity index (χ0n) is 13.4. The monoisotopic (exact) mass is 318 g/mol. The van der Waals surface area contributed by atoms with Gasteiger partial charge in [-0.3, -0.25) is 4.68 Å². The third-order valence-corrected chi connectivity index (χ3v) is 4.91. The van der Waals surface area contributed by atoms with Crippen molar-refractivity contribution >= 4 is 10.0 Å². The largest absolute Gasteiger partial charge is 0.384 e. The van der Waals surface area contributed by atoms with Gasteiger partial charge in [-0.1, -0.05) is 6.92 Å². The summed E-state index contributed by atoms with van der Waals surface area (Å²) in [5, 5.41) is 7.34. The van der Waals surface area contributed by atoms with E-state index >= 15 is 0 Å². The fourth-order valence-corrected chi connectivity index (χ4v) is 3.74. The third kappa shape index (κ3) is 4.77. The zero-order valence-corrected chi connectivity index (χ0v) is 14.2. The highest BCUT2D eigenvalue weighted by Gasteiger charge is 2.24. The summed E-state index contributed by atoms with van der Waals surface area (Å²) >= 11 is 0. The van der Waals surface area contributed by atoms with Crippen LogP contribution < -0.4 is 10.0 Å². The van der Waals surface area contributed by atoms with Gasteiger partial charge >= 0.3 is 0 Å². The number of likely N-dealkylation sites (N-methyl/N-ethyl adjacent to an activating group) is 1. The highest BCUT2D eigenvalue weighted by Crippen LogP contribution is 2.19. The van der Waals surface area contributed by atoms with E-state index in [1.807, 2.05) is 14.0 Å². The summed E-state index contributed by atoms with van der Waals surface area (Å²) in [4.78, 5) is 0.281. The van der Waals surface area contributed by atoms with E-state index < -0.39 is 10.0 Å². The molecule has 1 aromatic rings. The predicted octanol–water partition coefficient (Wildman–Crippen LogP) is 0.280. The van der Waals surface area contributed by atoms with Crippen molar-refractivity contribution < 1.29 is 13.2 Å². The summed E-state index contributed by atoms with van der Waals surface area (Å²) in [6.45, 7) is 7.66. The second kappa shape index (κ2) is 7.88. The first-order valence-corrected chi connectivity index (χ1v) is 8.49. The molecule has 0 amide bonds. The zero-order chi connectivity index (χ0) is 16.0.